The Balaban J connectivity index is 0.00000261. The summed E-state index contributed by atoms with van der Waals surface area (Å²) in [6.07, 6.45) is 1.12. The molecule has 2 atom stereocenters. The number of benzene rings is 2. The largest absolute Gasteiger partial charge is 0.487 e. The first-order valence-corrected chi connectivity index (χ1v) is 9.12. The normalized spacial score (nSPS) is 18.6. The van der Waals surface area contributed by atoms with Gasteiger partial charge in [0.1, 0.15) is 18.5 Å². The van der Waals surface area contributed by atoms with E-state index in [1.54, 1.807) is 6.07 Å². The second-order valence-corrected chi connectivity index (χ2v) is 6.67. The van der Waals surface area contributed by atoms with Crippen molar-refractivity contribution in [3.63, 3.8) is 0 Å². The number of hydrogen-bond acceptors (Lipinski definition) is 4. The van der Waals surface area contributed by atoms with Crippen LogP contribution in [0.25, 0.3) is 0 Å². The number of carbonyl (C=O) groups excluding carboxylic acids is 1. The van der Waals surface area contributed by atoms with Gasteiger partial charge in [0.2, 0.25) is 5.91 Å². The molecular weight excluding hydrogens is 387 g/mol. The lowest BCUT2D eigenvalue weighted by Crippen LogP contribution is -2.35. The van der Waals surface area contributed by atoms with Gasteiger partial charge in [0, 0.05) is 13.1 Å². The van der Waals surface area contributed by atoms with Crippen LogP contribution in [-0.2, 0) is 22.7 Å². The van der Waals surface area contributed by atoms with E-state index >= 15 is 0 Å². The van der Waals surface area contributed by atoms with Crippen LogP contribution in [0, 0.1) is 0 Å². The van der Waals surface area contributed by atoms with Gasteiger partial charge in [-0.2, -0.15) is 0 Å². The average molecular weight is 411 g/mol. The number of rotatable bonds is 7. The molecule has 0 unspecified atom stereocenters. The molecule has 1 aliphatic rings. The molecular formula is C20H24Cl2N2O3. The monoisotopic (exact) mass is 410 g/mol. The number of halogens is 2. The molecule has 1 amide bonds. The Morgan fingerprint density at radius 1 is 1.15 bits per heavy atom. The van der Waals surface area contributed by atoms with Crippen molar-refractivity contribution in [1.82, 2.24) is 5.32 Å². The van der Waals surface area contributed by atoms with Crippen LogP contribution in [0.2, 0.25) is 5.02 Å². The highest BCUT2D eigenvalue weighted by molar-refractivity contribution is 6.32. The van der Waals surface area contributed by atoms with Crippen molar-refractivity contribution in [2.45, 2.75) is 38.2 Å². The molecule has 0 bridgehead atoms. The van der Waals surface area contributed by atoms with E-state index in [4.69, 9.17) is 26.8 Å². The van der Waals surface area contributed by atoms with Gasteiger partial charge in [0.05, 0.1) is 11.1 Å². The fraction of sp³-hybridized carbons (Fsp3) is 0.350. The molecule has 3 rings (SSSR count). The van der Waals surface area contributed by atoms with Gasteiger partial charge in [0.25, 0.3) is 0 Å². The maximum atomic E-state index is 12.3. The van der Waals surface area contributed by atoms with Crippen LogP contribution < -0.4 is 15.8 Å². The van der Waals surface area contributed by atoms with Gasteiger partial charge in [-0.3, -0.25) is 4.79 Å². The number of carbonyl (C=O) groups is 1. The Morgan fingerprint density at radius 2 is 1.85 bits per heavy atom. The standard InChI is InChI=1S/C20H23ClN2O3.ClH/c21-17-7-3-4-8-18(17)25-13-15-6-2-1-5-14(15)12-23-20(24)19-10-9-16(11-22)26-19;/h1-8,16,19H,9-13,22H2,(H,23,24);1H/t16-,19+;/m1./s1. The summed E-state index contributed by atoms with van der Waals surface area (Å²) < 4.78 is 11.4. The molecule has 0 aliphatic carbocycles. The molecule has 0 spiro atoms. The Kier molecular flexibility index (Phi) is 8.38. The molecule has 1 heterocycles. The molecule has 0 aromatic heterocycles. The smallest absolute Gasteiger partial charge is 0.249 e. The van der Waals surface area contributed by atoms with E-state index in [1.807, 2.05) is 42.5 Å². The van der Waals surface area contributed by atoms with Crippen LogP contribution in [-0.4, -0.2) is 24.7 Å². The zero-order valence-corrected chi connectivity index (χ0v) is 16.5. The van der Waals surface area contributed by atoms with Crippen LogP contribution >= 0.6 is 24.0 Å². The fourth-order valence-corrected chi connectivity index (χ4v) is 3.15. The third kappa shape index (κ3) is 5.84. The van der Waals surface area contributed by atoms with Gasteiger partial charge in [-0.1, -0.05) is 48.0 Å². The summed E-state index contributed by atoms with van der Waals surface area (Å²) >= 11 is 6.12. The summed E-state index contributed by atoms with van der Waals surface area (Å²) in [6, 6.07) is 15.2. The second-order valence-electron chi connectivity index (χ2n) is 6.27. The van der Waals surface area contributed by atoms with E-state index in [2.05, 4.69) is 5.32 Å². The van der Waals surface area contributed by atoms with E-state index in [0.717, 1.165) is 17.5 Å². The first-order valence-electron chi connectivity index (χ1n) is 8.74. The maximum absolute atomic E-state index is 12.3. The molecule has 2 aromatic rings. The summed E-state index contributed by atoms with van der Waals surface area (Å²) in [7, 11) is 0. The summed E-state index contributed by atoms with van der Waals surface area (Å²) in [5, 5.41) is 3.52. The van der Waals surface area contributed by atoms with Gasteiger partial charge < -0.3 is 20.5 Å². The SMILES string of the molecule is Cl.NC[C@H]1CC[C@@H](C(=O)NCc2ccccc2COc2ccccc2Cl)O1. The predicted octanol–water partition coefficient (Wildman–Crippen LogP) is 3.46. The van der Waals surface area contributed by atoms with Gasteiger partial charge in [-0.05, 0) is 36.1 Å². The number of hydrogen-bond donors (Lipinski definition) is 2. The van der Waals surface area contributed by atoms with Crippen LogP contribution in [0.1, 0.15) is 24.0 Å². The van der Waals surface area contributed by atoms with Crippen molar-refractivity contribution in [3.05, 3.63) is 64.7 Å². The highest BCUT2D eigenvalue weighted by Crippen LogP contribution is 2.24. The molecule has 1 aliphatic heterocycles. The molecule has 1 saturated heterocycles. The molecule has 5 nitrogen and oxygen atoms in total. The van der Waals surface area contributed by atoms with E-state index < -0.39 is 6.10 Å². The number of para-hydroxylation sites is 1. The Morgan fingerprint density at radius 3 is 2.56 bits per heavy atom. The number of nitrogens with one attached hydrogen (secondary N) is 1. The van der Waals surface area contributed by atoms with Crippen LogP contribution in [0.4, 0.5) is 0 Å². The lowest BCUT2D eigenvalue weighted by molar-refractivity contribution is -0.132. The lowest BCUT2D eigenvalue weighted by Gasteiger charge is -2.15. The van der Waals surface area contributed by atoms with Gasteiger partial charge >= 0.3 is 0 Å². The quantitative estimate of drug-likeness (QED) is 0.732. The number of nitrogens with two attached hydrogens (primary N) is 1. The van der Waals surface area contributed by atoms with E-state index in [9.17, 15) is 4.79 Å². The first kappa shape index (κ1) is 21.5. The molecule has 27 heavy (non-hydrogen) atoms. The van der Waals surface area contributed by atoms with E-state index in [-0.39, 0.29) is 24.4 Å². The van der Waals surface area contributed by atoms with Gasteiger partial charge in [-0.15, -0.1) is 12.4 Å². The van der Waals surface area contributed by atoms with E-state index in [0.29, 0.717) is 36.9 Å². The van der Waals surface area contributed by atoms with Crippen molar-refractivity contribution in [2.24, 2.45) is 5.73 Å². The molecule has 1 fully saturated rings. The van der Waals surface area contributed by atoms with Crippen molar-refractivity contribution < 1.29 is 14.3 Å². The molecule has 3 N–H and O–H groups in total. The Labute approximate surface area is 170 Å². The zero-order valence-electron chi connectivity index (χ0n) is 14.9. The Bertz CT molecular complexity index is 758. The van der Waals surface area contributed by atoms with Crippen molar-refractivity contribution >= 4 is 29.9 Å². The third-order valence-corrected chi connectivity index (χ3v) is 4.77. The molecule has 7 heteroatoms. The summed E-state index contributed by atoms with van der Waals surface area (Å²) in [6.45, 7) is 1.25. The zero-order chi connectivity index (χ0) is 18.4. The third-order valence-electron chi connectivity index (χ3n) is 4.45. The molecule has 0 saturated carbocycles. The van der Waals surface area contributed by atoms with Crippen LogP contribution in [0.15, 0.2) is 48.5 Å². The summed E-state index contributed by atoms with van der Waals surface area (Å²) in [5.41, 5.74) is 7.59. The minimum absolute atomic E-state index is 0. The van der Waals surface area contributed by atoms with E-state index in [1.165, 1.54) is 0 Å². The average Bonchev–Trinajstić information content (AvgIpc) is 3.15. The highest BCUT2D eigenvalue weighted by Gasteiger charge is 2.29. The summed E-state index contributed by atoms with van der Waals surface area (Å²) in [5.74, 6) is 0.544. The summed E-state index contributed by atoms with van der Waals surface area (Å²) in [4.78, 5) is 12.3. The molecule has 146 valence electrons. The number of ether oxygens (including phenoxy) is 2. The van der Waals surface area contributed by atoms with Crippen LogP contribution in [0.5, 0.6) is 5.75 Å². The predicted molar refractivity (Wildman–Crippen MR) is 108 cm³/mol. The molecule has 2 aromatic carbocycles. The van der Waals surface area contributed by atoms with Crippen molar-refractivity contribution in [1.29, 1.82) is 0 Å². The maximum Gasteiger partial charge on any atom is 0.249 e. The molecule has 0 radical (unpaired) electrons. The lowest BCUT2D eigenvalue weighted by atomic mass is 10.1. The minimum atomic E-state index is -0.407. The second kappa shape index (κ2) is 10.5. The van der Waals surface area contributed by atoms with Crippen molar-refractivity contribution in [3.8, 4) is 5.75 Å². The van der Waals surface area contributed by atoms with Gasteiger partial charge in [0.15, 0.2) is 0 Å². The first-order chi connectivity index (χ1) is 12.7. The minimum Gasteiger partial charge on any atom is -0.487 e. The van der Waals surface area contributed by atoms with Crippen LogP contribution in [0.3, 0.4) is 0 Å². The highest BCUT2D eigenvalue weighted by atomic mass is 35.5. The number of amides is 1. The van der Waals surface area contributed by atoms with Crippen molar-refractivity contribution in [2.75, 3.05) is 6.54 Å². The topological polar surface area (TPSA) is 73.6 Å². The Hall–Kier alpha value is -1.79. The van der Waals surface area contributed by atoms with Gasteiger partial charge in [-0.25, -0.2) is 0 Å². The fourth-order valence-electron chi connectivity index (χ4n) is 2.96.